The molecule has 0 amide bonds. The monoisotopic (exact) mass is 416 g/mol. The fourth-order valence-electron chi connectivity index (χ4n) is 1.54. The van der Waals surface area contributed by atoms with Gasteiger partial charge in [-0.3, -0.25) is 16.5 Å². The Bertz CT molecular complexity index is 707. The van der Waals surface area contributed by atoms with Gasteiger partial charge in [0.05, 0.1) is 0 Å². The van der Waals surface area contributed by atoms with E-state index in [1.807, 2.05) is 24.3 Å². The first-order valence-electron chi connectivity index (χ1n) is 7.53. The van der Waals surface area contributed by atoms with Gasteiger partial charge in [0.25, 0.3) is 5.24 Å². The summed E-state index contributed by atoms with van der Waals surface area (Å²) in [6, 6.07) is 25.4. The number of nitrogens with two attached hydrogens (primary N) is 2. The summed E-state index contributed by atoms with van der Waals surface area (Å²) in [6.07, 6.45) is 0. The van der Waals surface area contributed by atoms with Crippen LogP contribution >= 0.6 is 23.2 Å². The fourth-order valence-corrected chi connectivity index (χ4v) is 1.80. The summed E-state index contributed by atoms with van der Waals surface area (Å²) in [5.74, 6) is 8.24. The predicted molar refractivity (Wildman–Crippen MR) is 116 cm³/mol. The van der Waals surface area contributed by atoms with Crippen LogP contribution in [0.2, 0.25) is 5.02 Å². The molecule has 0 saturated heterocycles. The van der Waals surface area contributed by atoms with Crippen molar-refractivity contribution >= 4 is 58.0 Å². The SMILES string of the molecule is Cc1ccccc1.NN.O=C(Cl)c1ccccc1.Oc1ccc(Cl)cc1.[NaH]. The number of phenolic OH excluding ortho intramolecular Hbond substituents is 1. The Labute approximate surface area is 192 Å². The third-order valence-corrected chi connectivity index (χ3v) is 3.24. The van der Waals surface area contributed by atoms with Crippen molar-refractivity contribution in [2.24, 2.45) is 11.7 Å². The molecule has 0 heterocycles. The number of halogens is 2. The van der Waals surface area contributed by atoms with Gasteiger partial charge in [0.2, 0.25) is 0 Å². The van der Waals surface area contributed by atoms with Gasteiger partial charge in [-0.15, -0.1) is 0 Å². The molecule has 3 rings (SSSR count). The van der Waals surface area contributed by atoms with Gasteiger partial charge in [-0.25, -0.2) is 0 Å². The van der Waals surface area contributed by atoms with Gasteiger partial charge in [-0.05, 0) is 42.8 Å². The molecule has 0 unspecified atom stereocenters. The van der Waals surface area contributed by atoms with E-state index in [0.29, 0.717) is 10.6 Å². The van der Waals surface area contributed by atoms with Gasteiger partial charge in [-0.2, -0.15) is 0 Å². The van der Waals surface area contributed by atoms with Crippen LogP contribution in [0.5, 0.6) is 5.75 Å². The normalized spacial score (nSPS) is 8.19. The van der Waals surface area contributed by atoms with Gasteiger partial charge in [0.1, 0.15) is 5.75 Å². The van der Waals surface area contributed by atoms with Crippen LogP contribution in [0.15, 0.2) is 84.9 Å². The van der Waals surface area contributed by atoms with E-state index in [0.717, 1.165) is 0 Å². The van der Waals surface area contributed by atoms with Crippen LogP contribution < -0.4 is 11.7 Å². The average Bonchev–Trinajstić information content (AvgIpc) is 2.68. The number of carbonyl (C=O) groups excluding carboxylic acids is 1. The fraction of sp³-hybridized carbons (Fsp3) is 0.0500. The van der Waals surface area contributed by atoms with E-state index in [-0.39, 0.29) is 35.3 Å². The summed E-state index contributed by atoms with van der Waals surface area (Å²) in [4.78, 5) is 10.4. The van der Waals surface area contributed by atoms with Gasteiger partial charge in [0, 0.05) is 10.6 Å². The van der Waals surface area contributed by atoms with Gasteiger partial charge < -0.3 is 5.11 Å². The molecule has 7 heteroatoms. The number of benzene rings is 3. The second kappa shape index (κ2) is 18.0. The molecule has 0 aliphatic carbocycles. The van der Waals surface area contributed by atoms with E-state index in [1.165, 1.54) is 5.56 Å². The Morgan fingerprint density at radius 1 is 0.815 bits per heavy atom. The van der Waals surface area contributed by atoms with Crippen molar-refractivity contribution in [3.63, 3.8) is 0 Å². The van der Waals surface area contributed by atoms with E-state index in [1.54, 1.807) is 48.5 Å². The molecule has 5 N–H and O–H groups in total. The van der Waals surface area contributed by atoms with Crippen LogP contribution in [0, 0.1) is 6.92 Å². The van der Waals surface area contributed by atoms with Crippen LogP contribution in [0.25, 0.3) is 0 Å². The number of hydrogen-bond donors (Lipinski definition) is 3. The molecule has 3 aromatic rings. The standard InChI is InChI=1S/C7H5ClO.C7H8.C6H5ClO.H4N2.Na.H/c8-7(9)6-4-2-1-3-5-6;1-7-5-3-2-4-6-7;7-5-1-3-6(8)4-2-5;1-2;;/h1-5H;2-6H,1H3;1-4,8H;1-2H2;;. The minimum absolute atomic E-state index is 0. The molecule has 27 heavy (non-hydrogen) atoms. The molecule has 0 bridgehead atoms. The topological polar surface area (TPSA) is 89.3 Å². The molecule has 0 radical (unpaired) electrons. The van der Waals surface area contributed by atoms with Crippen LogP contribution in [0.4, 0.5) is 0 Å². The Hall–Kier alpha value is -1.37. The zero-order valence-corrected chi connectivity index (χ0v) is 15.9. The Kier molecular flexibility index (Phi) is 18.6. The summed E-state index contributed by atoms with van der Waals surface area (Å²) in [5, 5.41) is 8.93. The molecule has 0 aliphatic heterocycles. The van der Waals surface area contributed by atoms with Crippen LogP contribution in [-0.4, -0.2) is 39.9 Å². The molecular weight excluding hydrogens is 394 g/mol. The maximum atomic E-state index is 10.4. The van der Waals surface area contributed by atoms with Crippen molar-refractivity contribution in [3.05, 3.63) is 101 Å². The summed E-state index contributed by atoms with van der Waals surface area (Å²) in [7, 11) is 0. The minimum atomic E-state index is -0.407. The zero-order chi connectivity index (χ0) is 19.8. The molecule has 0 saturated carbocycles. The Morgan fingerprint density at radius 3 is 1.48 bits per heavy atom. The van der Waals surface area contributed by atoms with Gasteiger partial charge >= 0.3 is 29.6 Å². The Balaban J connectivity index is 0. The van der Waals surface area contributed by atoms with Crippen LogP contribution in [0.3, 0.4) is 0 Å². The van der Waals surface area contributed by atoms with Crippen LogP contribution in [-0.2, 0) is 0 Å². The van der Waals surface area contributed by atoms with Crippen LogP contribution in [0.1, 0.15) is 15.9 Å². The first-order chi connectivity index (χ1) is 12.5. The molecule has 140 valence electrons. The van der Waals surface area contributed by atoms with Crippen molar-refractivity contribution in [1.82, 2.24) is 0 Å². The molecule has 0 spiro atoms. The third-order valence-electron chi connectivity index (χ3n) is 2.77. The van der Waals surface area contributed by atoms with Crippen molar-refractivity contribution < 1.29 is 9.90 Å². The summed E-state index contributed by atoms with van der Waals surface area (Å²) >= 11 is 10.7. The molecule has 0 aliphatic rings. The third kappa shape index (κ3) is 15.4. The number of phenols is 1. The maximum absolute atomic E-state index is 10.4. The van der Waals surface area contributed by atoms with E-state index in [4.69, 9.17) is 28.3 Å². The second-order valence-electron chi connectivity index (χ2n) is 4.77. The van der Waals surface area contributed by atoms with Crippen molar-refractivity contribution in [3.8, 4) is 5.75 Å². The molecule has 0 aromatic heterocycles. The zero-order valence-electron chi connectivity index (χ0n) is 14.3. The average molecular weight is 417 g/mol. The van der Waals surface area contributed by atoms with Crippen molar-refractivity contribution in [1.29, 1.82) is 0 Å². The predicted octanol–water partition coefficient (Wildman–Crippen LogP) is 4.28. The summed E-state index contributed by atoms with van der Waals surface area (Å²) in [6.45, 7) is 2.08. The van der Waals surface area contributed by atoms with Gasteiger partial charge in [-0.1, -0.05) is 77.8 Å². The number of hydrazine groups is 1. The molecular formula is C20H23Cl2N2NaO2. The number of aryl methyl sites for hydroxylation is 1. The second-order valence-corrected chi connectivity index (χ2v) is 5.55. The number of hydrogen-bond acceptors (Lipinski definition) is 4. The summed E-state index contributed by atoms with van der Waals surface area (Å²) < 4.78 is 0. The molecule has 3 aromatic carbocycles. The van der Waals surface area contributed by atoms with Crippen molar-refractivity contribution in [2.45, 2.75) is 6.92 Å². The van der Waals surface area contributed by atoms with E-state index >= 15 is 0 Å². The molecule has 4 nitrogen and oxygen atoms in total. The number of carbonyl (C=O) groups is 1. The first-order valence-corrected chi connectivity index (χ1v) is 8.29. The molecule has 0 fully saturated rings. The molecule has 0 atom stereocenters. The van der Waals surface area contributed by atoms with Gasteiger partial charge in [0.15, 0.2) is 0 Å². The van der Waals surface area contributed by atoms with E-state index in [9.17, 15) is 4.79 Å². The first kappa shape index (κ1) is 27.8. The summed E-state index contributed by atoms with van der Waals surface area (Å²) in [5.41, 5.74) is 1.86. The number of rotatable bonds is 1. The quantitative estimate of drug-likeness (QED) is 0.239. The van der Waals surface area contributed by atoms with E-state index in [2.05, 4.69) is 30.7 Å². The Morgan fingerprint density at radius 2 is 1.22 bits per heavy atom. The number of aromatic hydroxyl groups is 1. The van der Waals surface area contributed by atoms with E-state index < -0.39 is 5.24 Å². The van der Waals surface area contributed by atoms with Crippen molar-refractivity contribution in [2.75, 3.05) is 0 Å².